The molecule has 0 saturated carbocycles. The standard InChI is InChI=1S/C30H31FN6O4/c1-18(2)26-16-21(33-22-12-20(14-24(39)15-22)19-4-3-5-23(38)13-19)6-7-25(26)29(40)35-36-30-32-17-27(31)28(34-30)37-8-10-41-11-9-37/h3-7,12-18,33,38-39H,8-11H2,1-2H3,(H,35,40)(H,32,34,36). The van der Waals surface area contributed by atoms with Crippen LogP contribution in [0.3, 0.4) is 0 Å². The first-order chi connectivity index (χ1) is 19.8. The number of amides is 1. The van der Waals surface area contributed by atoms with Crippen LogP contribution in [0, 0.1) is 5.82 Å². The zero-order chi connectivity index (χ0) is 28.9. The van der Waals surface area contributed by atoms with Crippen LogP contribution in [0.5, 0.6) is 11.5 Å². The van der Waals surface area contributed by atoms with Gasteiger partial charge in [0.2, 0.25) is 5.95 Å². The van der Waals surface area contributed by atoms with Crippen LogP contribution < -0.4 is 21.1 Å². The van der Waals surface area contributed by atoms with Crippen LogP contribution in [0.1, 0.15) is 35.7 Å². The van der Waals surface area contributed by atoms with Crippen LogP contribution in [-0.4, -0.2) is 52.4 Å². The highest BCUT2D eigenvalue weighted by Gasteiger charge is 2.19. The number of nitrogens with one attached hydrogen (secondary N) is 3. The number of aromatic nitrogens is 2. The zero-order valence-electron chi connectivity index (χ0n) is 22.7. The maximum atomic E-state index is 14.3. The molecule has 41 heavy (non-hydrogen) atoms. The van der Waals surface area contributed by atoms with Crippen molar-refractivity contribution in [1.29, 1.82) is 0 Å². The highest BCUT2D eigenvalue weighted by Crippen LogP contribution is 2.32. The molecule has 3 aromatic carbocycles. The van der Waals surface area contributed by atoms with E-state index in [0.29, 0.717) is 37.6 Å². The topological polar surface area (TPSA) is 132 Å². The van der Waals surface area contributed by atoms with Gasteiger partial charge in [-0.05, 0) is 65.1 Å². The summed E-state index contributed by atoms with van der Waals surface area (Å²) in [6, 6.07) is 17.2. The largest absolute Gasteiger partial charge is 0.508 e. The number of hydrogen-bond donors (Lipinski definition) is 5. The number of morpholine rings is 1. The third-order valence-corrected chi connectivity index (χ3v) is 6.63. The van der Waals surface area contributed by atoms with Crippen molar-refractivity contribution in [3.8, 4) is 22.6 Å². The minimum absolute atomic E-state index is 0.0134. The van der Waals surface area contributed by atoms with E-state index >= 15 is 0 Å². The summed E-state index contributed by atoms with van der Waals surface area (Å²) >= 11 is 0. The molecule has 1 aliphatic heterocycles. The monoisotopic (exact) mass is 558 g/mol. The van der Waals surface area contributed by atoms with Crippen molar-refractivity contribution in [2.75, 3.05) is 41.9 Å². The highest BCUT2D eigenvalue weighted by atomic mass is 19.1. The van der Waals surface area contributed by atoms with Gasteiger partial charge in [-0.1, -0.05) is 26.0 Å². The molecule has 0 bridgehead atoms. The number of ether oxygens (including phenoxy) is 1. The summed E-state index contributed by atoms with van der Waals surface area (Å²) in [6.07, 6.45) is 1.07. The lowest BCUT2D eigenvalue weighted by Crippen LogP contribution is -2.38. The van der Waals surface area contributed by atoms with E-state index in [2.05, 4.69) is 26.1 Å². The summed E-state index contributed by atoms with van der Waals surface area (Å²) < 4.78 is 19.7. The average molecular weight is 559 g/mol. The predicted octanol–water partition coefficient (Wildman–Crippen LogP) is 5.15. The van der Waals surface area contributed by atoms with Crippen LogP contribution in [0.25, 0.3) is 11.1 Å². The van der Waals surface area contributed by atoms with Gasteiger partial charge >= 0.3 is 0 Å². The third-order valence-electron chi connectivity index (χ3n) is 6.63. The molecular weight excluding hydrogens is 527 g/mol. The van der Waals surface area contributed by atoms with E-state index in [1.165, 1.54) is 0 Å². The first-order valence-corrected chi connectivity index (χ1v) is 13.2. The fraction of sp³-hybridized carbons (Fsp3) is 0.233. The molecule has 1 aliphatic rings. The van der Waals surface area contributed by atoms with Crippen LogP contribution in [0.2, 0.25) is 0 Å². The summed E-state index contributed by atoms with van der Waals surface area (Å²) in [5.41, 5.74) is 9.40. The molecule has 0 atom stereocenters. The molecule has 0 radical (unpaired) electrons. The van der Waals surface area contributed by atoms with E-state index in [9.17, 15) is 19.4 Å². The van der Waals surface area contributed by atoms with Gasteiger partial charge < -0.3 is 25.2 Å². The molecule has 4 aromatic rings. The second kappa shape index (κ2) is 12.1. The number of hydrogen-bond acceptors (Lipinski definition) is 9. The average Bonchev–Trinajstić information content (AvgIpc) is 2.96. The summed E-state index contributed by atoms with van der Waals surface area (Å²) in [7, 11) is 0. The fourth-order valence-corrected chi connectivity index (χ4v) is 4.62. The predicted molar refractivity (Wildman–Crippen MR) is 155 cm³/mol. The van der Waals surface area contributed by atoms with Crippen molar-refractivity contribution in [1.82, 2.24) is 15.4 Å². The molecule has 11 heteroatoms. The van der Waals surface area contributed by atoms with Gasteiger partial charge in [0.25, 0.3) is 5.91 Å². The van der Waals surface area contributed by atoms with Gasteiger partial charge in [-0.2, -0.15) is 4.98 Å². The number of phenolic OH excluding ortho intramolecular Hbond substituents is 2. The molecule has 0 unspecified atom stereocenters. The Labute approximate surface area is 236 Å². The fourth-order valence-electron chi connectivity index (χ4n) is 4.62. The van der Waals surface area contributed by atoms with Gasteiger partial charge in [0.1, 0.15) is 11.5 Å². The van der Waals surface area contributed by atoms with Gasteiger partial charge in [0.05, 0.1) is 19.4 Å². The quantitative estimate of drug-likeness (QED) is 0.186. The van der Waals surface area contributed by atoms with E-state index in [0.717, 1.165) is 28.6 Å². The minimum Gasteiger partial charge on any atom is -0.508 e. The van der Waals surface area contributed by atoms with Crippen LogP contribution >= 0.6 is 0 Å². The number of carbonyl (C=O) groups is 1. The molecule has 5 N–H and O–H groups in total. The number of nitrogens with zero attached hydrogens (tertiary/aromatic N) is 3. The Morgan fingerprint density at radius 1 is 0.976 bits per heavy atom. The van der Waals surface area contributed by atoms with Crippen molar-refractivity contribution in [2.24, 2.45) is 0 Å². The number of aromatic hydroxyl groups is 2. The molecule has 0 spiro atoms. The van der Waals surface area contributed by atoms with E-state index in [4.69, 9.17) is 4.74 Å². The van der Waals surface area contributed by atoms with Crippen molar-refractivity contribution in [3.05, 3.63) is 83.8 Å². The van der Waals surface area contributed by atoms with E-state index < -0.39 is 11.7 Å². The van der Waals surface area contributed by atoms with E-state index in [-0.39, 0.29) is 29.2 Å². The summed E-state index contributed by atoms with van der Waals surface area (Å²) in [5.74, 6) is -0.512. The number of phenols is 2. The number of rotatable bonds is 8. The normalized spacial score (nSPS) is 13.2. The smallest absolute Gasteiger partial charge is 0.269 e. The molecule has 1 fully saturated rings. The SMILES string of the molecule is CC(C)c1cc(Nc2cc(O)cc(-c3cccc(O)c3)c2)ccc1C(=O)NNc1ncc(F)c(N2CCOCC2)n1. The second-order valence-corrected chi connectivity index (χ2v) is 9.94. The van der Waals surface area contributed by atoms with E-state index in [1.807, 2.05) is 32.0 Å². The van der Waals surface area contributed by atoms with Gasteiger partial charge in [-0.25, -0.2) is 9.37 Å². The summed E-state index contributed by atoms with van der Waals surface area (Å²) in [5, 5.41) is 23.5. The Kier molecular flexibility index (Phi) is 8.16. The first kappa shape index (κ1) is 27.7. The lowest BCUT2D eigenvalue weighted by atomic mass is 9.96. The Balaban J connectivity index is 1.31. The lowest BCUT2D eigenvalue weighted by molar-refractivity contribution is 0.0961. The number of anilines is 4. The molecule has 0 aliphatic carbocycles. The highest BCUT2D eigenvalue weighted by molar-refractivity contribution is 5.97. The van der Waals surface area contributed by atoms with Crippen LogP contribution in [-0.2, 0) is 4.74 Å². The number of carbonyl (C=O) groups excluding carboxylic acids is 1. The van der Waals surface area contributed by atoms with Crippen LogP contribution in [0.15, 0.2) is 66.9 Å². The minimum atomic E-state index is -0.547. The van der Waals surface area contributed by atoms with Gasteiger partial charge in [-0.3, -0.25) is 15.6 Å². The molecule has 10 nitrogen and oxygen atoms in total. The molecule has 5 rings (SSSR count). The lowest BCUT2D eigenvalue weighted by Gasteiger charge is -2.28. The number of halogens is 1. The summed E-state index contributed by atoms with van der Waals surface area (Å²) in [6.45, 7) is 5.95. The number of hydrazine groups is 1. The molecule has 212 valence electrons. The Morgan fingerprint density at radius 2 is 1.76 bits per heavy atom. The zero-order valence-corrected chi connectivity index (χ0v) is 22.7. The Hall–Kier alpha value is -4.90. The van der Waals surface area contributed by atoms with Crippen molar-refractivity contribution < 1.29 is 24.1 Å². The Morgan fingerprint density at radius 3 is 2.51 bits per heavy atom. The maximum Gasteiger partial charge on any atom is 0.269 e. The molecule has 1 aromatic heterocycles. The van der Waals surface area contributed by atoms with Gasteiger partial charge in [0, 0.05) is 36.1 Å². The third kappa shape index (κ3) is 6.64. The molecular formula is C30H31FN6O4. The summed E-state index contributed by atoms with van der Waals surface area (Å²) in [4.78, 5) is 23.1. The maximum absolute atomic E-state index is 14.3. The molecule has 2 heterocycles. The first-order valence-electron chi connectivity index (χ1n) is 13.2. The van der Waals surface area contributed by atoms with Gasteiger partial charge in [-0.15, -0.1) is 0 Å². The number of benzene rings is 3. The van der Waals surface area contributed by atoms with Crippen molar-refractivity contribution in [2.45, 2.75) is 19.8 Å². The van der Waals surface area contributed by atoms with Gasteiger partial charge in [0.15, 0.2) is 11.6 Å². The second-order valence-electron chi connectivity index (χ2n) is 9.94. The Bertz CT molecular complexity index is 1560. The molecule has 1 saturated heterocycles. The van der Waals surface area contributed by atoms with Crippen molar-refractivity contribution >= 4 is 29.0 Å². The van der Waals surface area contributed by atoms with Crippen molar-refractivity contribution in [3.63, 3.8) is 0 Å². The van der Waals surface area contributed by atoms with Crippen LogP contribution in [0.4, 0.5) is 27.5 Å². The van der Waals surface area contributed by atoms with E-state index in [1.54, 1.807) is 47.4 Å². The molecule has 1 amide bonds.